The lowest BCUT2D eigenvalue weighted by molar-refractivity contribution is -0.128. The van der Waals surface area contributed by atoms with E-state index in [4.69, 9.17) is 23.2 Å². The van der Waals surface area contributed by atoms with Gasteiger partial charge in [-0.3, -0.25) is 14.5 Å². The molecule has 8 heteroatoms. The molecule has 5 nitrogen and oxygen atoms in total. The van der Waals surface area contributed by atoms with Gasteiger partial charge in [0.25, 0.3) is 0 Å². The number of halogens is 2. The van der Waals surface area contributed by atoms with Crippen molar-refractivity contribution in [2.45, 2.75) is 25.0 Å². The quantitative estimate of drug-likeness (QED) is 0.663. The number of amidine groups is 1. The molecule has 0 bridgehead atoms. The zero-order valence-electron chi connectivity index (χ0n) is 15.2. The Morgan fingerprint density at radius 3 is 2.64 bits per heavy atom. The first-order chi connectivity index (χ1) is 13.5. The van der Waals surface area contributed by atoms with E-state index in [9.17, 15) is 9.59 Å². The molecule has 0 aliphatic carbocycles. The molecule has 1 unspecified atom stereocenters. The van der Waals surface area contributed by atoms with Crippen LogP contribution in [0.5, 0.6) is 0 Å². The SMILES string of the molecule is CCCN1C(=O)C(CC(=O)Nc2cccc(Cl)c2Cl)SC1=Nc1ccccc1. The number of carbonyl (C=O) groups excluding carboxylic acids is 2. The predicted molar refractivity (Wildman–Crippen MR) is 117 cm³/mol. The number of thioether (sulfide) groups is 1. The Morgan fingerprint density at radius 1 is 1.18 bits per heavy atom. The largest absolute Gasteiger partial charge is 0.325 e. The third kappa shape index (κ3) is 4.87. The van der Waals surface area contributed by atoms with Crippen LogP contribution in [0.3, 0.4) is 0 Å². The van der Waals surface area contributed by atoms with E-state index in [1.165, 1.54) is 11.8 Å². The lowest BCUT2D eigenvalue weighted by Crippen LogP contribution is -2.34. The van der Waals surface area contributed by atoms with E-state index < -0.39 is 5.25 Å². The van der Waals surface area contributed by atoms with E-state index in [0.29, 0.717) is 22.4 Å². The van der Waals surface area contributed by atoms with Gasteiger partial charge in [0.05, 0.1) is 21.4 Å². The summed E-state index contributed by atoms with van der Waals surface area (Å²) in [4.78, 5) is 31.5. The minimum atomic E-state index is -0.521. The molecule has 1 atom stereocenters. The molecule has 2 aromatic rings. The summed E-state index contributed by atoms with van der Waals surface area (Å²) in [6, 6.07) is 14.5. The van der Waals surface area contributed by atoms with Crippen LogP contribution in [0, 0.1) is 0 Å². The number of para-hydroxylation sites is 1. The fourth-order valence-electron chi connectivity index (χ4n) is 2.74. The maximum absolute atomic E-state index is 12.8. The summed E-state index contributed by atoms with van der Waals surface area (Å²) in [5.74, 6) is -0.402. The van der Waals surface area contributed by atoms with Gasteiger partial charge >= 0.3 is 0 Å². The lowest BCUT2D eigenvalue weighted by Gasteiger charge is -2.15. The van der Waals surface area contributed by atoms with E-state index in [0.717, 1.165) is 12.1 Å². The summed E-state index contributed by atoms with van der Waals surface area (Å²) < 4.78 is 0. The van der Waals surface area contributed by atoms with Gasteiger partial charge in [-0.05, 0) is 30.7 Å². The minimum Gasteiger partial charge on any atom is -0.325 e. The van der Waals surface area contributed by atoms with Gasteiger partial charge in [0.2, 0.25) is 11.8 Å². The standard InChI is InChI=1S/C20H19Cl2N3O2S/c1-2-11-25-19(27)16(28-20(25)23-13-7-4-3-5-8-13)12-17(26)24-15-10-6-9-14(21)18(15)22/h3-10,16H,2,11-12H2,1H3,(H,24,26). The molecule has 2 aromatic carbocycles. The van der Waals surface area contributed by atoms with Gasteiger partial charge in [0, 0.05) is 13.0 Å². The van der Waals surface area contributed by atoms with Gasteiger partial charge in [0.1, 0.15) is 5.25 Å². The summed E-state index contributed by atoms with van der Waals surface area (Å²) in [5, 5.41) is 3.47. The number of anilines is 1. The van der Waals surface area contributed by atoms with Gasteiger partial charge in [-0.15, -0.1) is 0 Å². The molecule has 1 saturated heterocycles. The first-order valence-corrected chi connectivity index (χ1v) is 10.5. The van der Waals surface area contributed by atoms with E-state index in [1.807, 2.05) is 37.3 Å². The van der Waals surface area contributed by atoms with Crippen molar-refractivity contribution in [1.82, 2.24) is 4.90 Å². The van der Waals surface area contributed by atoms with Crippen LogP contribution in [0.2, 0.25) is 10.0 Å². The number of hydrogen-bond acceptors (Lipinski definition) is 4. The van der Waals surface area contributed by atoms with Gasteiger partial charge in [-0.2, -0.15) is 0 Å². The molecule has 0 aromatic heterocycles. The Hall–Kier alpha value is -2.02. The number of nitrogens with zero attached hydrogens (tertiary/aromatic N) is 2. The smallest absolute Gasteiger partial charge is 0.242 e. The van der Waals surface area contributed by atoms with Crippen LogP contribution in [0.1, 0.15) is 19.8 Å². The van der Waals surface area contributed by atoms with Gasteiger partial charge in [-0.25, -0.2) is 4.99 Å². The summed E-state index contributed by atoms with van der Waals surface area (Å²) in [6.07, 6.45) is 0.831. The van der Waals surface area contributed by atoms with Crippen molar-refractivity contribution >= 4 is 63.3 Å². The molecule has 28 heavy (non-hydrogen) atoms. The number of hydrogen-bond donors (Lipinski definition) is 1. The summed E-state index contributed by atoms with van der Waals surface area (Å²) in [5.41, 5.74) is 1.20. The first kappa shape index (κ1) is 20.7. The highest BCUT2D eigenvalue weighted by molar-refractivity contribution is 8.15. The number of nitrogens with one attached hydrogen (secondary N) is 1. The molecule has 3 rings (SSSR count). The fraction of sp³-hybridized carbons (Fsp3) is 0.250. The molecule has 1 aliphatic rings. The second-order valence-corrected chi connectivity index (χ2v) is 8.14. The van der Waals surface area contributed by atoms with E-state index in [1.54, 1.807) is 23.1 Å². The average molecular weight is 436 g/mol. The highest BCUT2D eigenvalue weighted by Gasteiger charge is 2.38. The second kappa shape index (κ2) is 9.45. The molecule has 0 saturated carbocycles. The number of amides is 2. The zero-order chi connectivity index (χ0) is 20.1. The van der Waals surface area contributed by atoms with Crippen molar-refractivity contribution in [3.05, 3.63) is 58.6 Å². The van der Waals surface area contributed by atoms with Crippen molar-refractivity contribution in [2.24, 2.45) is 4.99 Å². The van der Waals surface area contributed by atoms with Crippen LogP contribution in [-0.2, 0) is 9.59 Å². The Morgan fingerprint density at radius 2 is 1.93 bits per heavy atom. The van der Waals surface area contributed by atoms with Crippen molar-refractivity contribution in [2.75, 3.05) is 11.9 Å². The van der Waals surface area contributed by atoms with Crippen molar-refractivity contribution in [3.8, 4) is 0 Å². The topological polar surface area (TPSA) is 61.8 Å². The van der Waals surface area contributed by atoms with E-state index in [-0.39, 0.29) is 23.3 Å². The highest BCUT2D eigenvalue weighted by Crippen LogP contribution is 2.33. The lowest BCUT2D eigenvalue weighted by atomic mass is 10.2. The van der Waals surface area contributed by atoms with Crippen LogP contribution < -0.4 is 5.32 Å². The Balaban J connectivity index is 1.73. The van der Waals surface area contributed by atoms with Crippen LogP contribution >= 0.6 is 35.0 Å². The monoisotopic (exact) mass is 435 g/mol. The molecule has 146 valence electrons. The van der Waals surface area contributed by atoms with Crippen LogP contribution in [-0.4, -0.2) is 33.7 Å². The third-order valence-electron chi connectivity index (χ3n) is 4.04. The third-order valence-corrected chi connectivity index (χ3v) is 6.04. The van der Waals surface area contributed by atoms with Gasteiger partial charge < -0.3 is 5.32 Å². The Kier molecular flexibility index (Phi) is 6.99. The minimum absolute atomic E-state index is 0.0281. The molecule has 2 amide bonds. The fourth-order valence-corrected chi connectivity index (χ4v) is 4.27. The summed E-state index contributed by atoms with van der Waals surface area (Å²) >= 11 is 13.4. The molecule has 0 radical (unpaired) electrons. The van der Waals surface area contributed by atoms with Crippen molar-refractivity contribution in [3.63, 3.8) is 0 Å². The molecule has 1 fully saturated rings. The number of rotatable bonds is 6. The maximum atomic E-state index is 12.8. The average Bonchev–Trinajstić information content (AvgIpc) is 2.95. The zero-order valence-corrected chi connectivity index (χ0v) is 17.5. The van der Waals surface area contributed by atoms with Crippen LogP contribution in [0.4, 0.5) is 11.4 Å². The van der Waals surface area contributed by atoms with Crippen LogP contribution in [0.15, 0.2) is 53.5 Å². The molecule has 1 aliphatic heterocycles. The molecule has 0 spiro atoms. The normalized spacial score (nSPS) is 18.0. The van der Waals surface area contributed by atoms with Crippen molar-refractivity contribution in [1.29, 1.82) is 0 Å². The van der Waals surface area contributed by atoms with Crippen molar-refractivity contribution < 1.29 is 9.59 Å². The molecule has 1 heterocycles. The predicted octanol–water partition coefficient (Wildman–Crippen LogP) is 5.36. The number of aliphatic imine (C=N–C) groups is 1. The number of benzene rings is 2. The van der Waals surface area contributed by atoms with E-state index >= 15 is 0 Å². The Bertz CT molecular complexity index is 906. The molecular formula is C20H19Cl2N3O2S. The highest BCUT2D eigenvalue weighted by atomic mass is 35.5. The molecular weight excluding hydrogens is 417 g/mol. The second-order valence-electron chi connectivity index (χ2n) is 6.18. The van der Waals surface area contributed by atoms with Crippen LogP contribution in [0.25, 0.3) is 0 Å². The molecule has 1 N–H and O–H groups in total. The van der Waals surface area contributed by atoms with Gasteiger partial charge in [-0.1, -0.05) is 66.2 Å². The number of carbonyl (C=O) groups is 2. The maximum Gasteiger partial charge on any atom is 0.242 e. The summed E-state index contributed by atoms with van der Waals surface area (Å²) in [6.45, 7) is 2.56. The Labute approximate surface area is 178 Å². The van der Waals surface area contributed by atoms with Gasteiger partial charge in [0.15, 0.2) is 5.17 Å². The van der Waals surface area contributed by atoms with E-state index in [2.05, 4.69) is 10.3 Å². The first-order valence-electron chi connectivity index (χ1n) is 8.85. The summed E-state index contributed by atoms with van der Waals surface area (Å²) in [7, 11) is 0.